The molecule has 2 aromatic rings. The highest BCUT2D eigenvalue weighted by atomic mass is 16.2. The van der Waals surface area contributed by atoms with E-state index < -0.39 is 17.9 Å². The van der Waals surface area contributed by atoms with Gasteiger partial charge >= 0.3 is 0 Å². The predicted molar refractivity (Wildman–Crippen MR) is 99.9 cm³/mol. The summed E-state index contributed by atoms with van der Waals surface area (Å²) in [5.74, 6) is -1.30. The van der Waals surface area contributed by atoms with E-state index in [4.69, 9.17) is 0 Å². The molecule has 1 atom stereocenters. The zero-order valence-electron chi connectivity index (χ0n) is 15.0. The van der Waals surface area contributed by atoms with Gasteiger partial charge in [0.15, 0.2) is 0 Å². The normalized spacial score (nSPS) is 11.6. The highest BCUT2D eigenvalue weighted by Gasteiger charge is 2.15. The maximum atomic E-state index is 12.0. The number of aromatic nitrogens is 1. The molecule has 0 spiro atoms. The van der Waals surface area contributed by atoms with Crippen molar-refractivity contribution in [3.8, 4) is 0 Å². The molecule has 1 unspecified atom stereocenters. The Bertz CT molecular complexity index is 817. The number of aromatic amines is 1. The van der Waals surface area contributed by atoms with Crippen molar-refractivity contribution in [2.24, 2.45) is 0 Å². The van der Waals surface area contributed by atoms with Crippen molar-refractivity contribution >= 4 is 34.9 Å². The number of carbonyl (C=O) groups is 4. The summed E-state index contributed by atoms with van der Waals surface area (Å²) in [6.07, 6.45) is 2.82. The molecule has 0 aliphatic rings. The van der Waals surface area contributed by atoms with E-state index in [1.54, 1.807) is 7.05 Å². The Morgan fingerprint density at radius 1 is 1.04 bits per heavy atom. The lowest BCUT2D eigenvalue weighted by atomic mass is 10.1. The van der Waals surface area contributed by atoms with Gasteiger partial charge in [-0.2, -0.15) is 0 Å². The van der Waals surface area contributed by atoms with E-state index in [-0.39, 0.29) is 25.5 Å². The van der Waals surface area contributed by atoms with Crippen LogP contribution in [0.25, 0.3) is 10.9 Å². The summed E-state index contributed by atoms with van der Waals surface area (Å²) in [6, 6.07) is 6.97. The summed E-state index contributed by atoms with van der Waals surface area (Å²) in [6.45, 7) is -0.401. The van der Waals surface area contributed by atoms with Crippen LogP contribution in [-0.2, 0) is 25.6 Å². The van der Waals surface area contributed by atoms with Gasteiger partial charge in [0.1, 0.15) is 6.29 Å². The van der Waals surface area contributed by atoms with Crippen molar-refractivity contribution in [2.75, 3.05) is 26.7 Å². The highest BCUT2D eigenvalue weighted by Crippen LogP contribution is 2.18. The Balaban J connectivity index is 1.78. The Morgan fingerprint density at radius 2 is 1.70 bits per heavy atom. The molecule has 1 aromatic carbocycles. The maximum absolute atomic E-state index is 12.0. The number of hydrogen-bond acceptors (Lipinski definition) is 5. The van der Waals surface area contributed by atoms with Gasteiger partial charge in [0.05, 0.1) is 25.7 Å². The molecular weight excluding hydrogens is 350 g/mol. The quantitative estimate of drug-likeness (QED) is 0.335. The standard InChI is InChI=1S/C18H23N5O4/c1-19-8-16(25)21-9-17(26)22-10-18(27)23-13(11-24)6-12-7-20-15-5-3-2-4-14(12)15/h2-5,7,11,13,19-20H,6,8-10H2,1H3,(H,21,25)(H,22,26)(H,23,27). The smallest absolute Gasteiger partial charge is 0.239 e. The van der Waals surface area contributed by atoms with Gasteiger partial charge in [-0.15, -0.1) is 0 Å². The fraction of sp³-hybridized carbons (Fsp3) is 0.333. The molecule has 144 valence electrons. The van der Waals surface area contributed by atoms with Crippen molar-refractivity contribution < 1.29 is 19.2 Å². The van der Waals surface area contributed by atoms with Crippen LogP contribution < -0.4 is 21.3 Å². The van der Waals surface area contributed by atoms with E-state index in [9.17, 15) is 19.2 Å². The van der Waals surface area contributed by atoms with E-state index in [1.807, 2.05) is 30.5 Å². The number of para-hydroxylation sites is 1. The summed E-state index contributed by atoms with van der Waals surface area (Å²) >= 11 is 0. The molecule has 0 fully saturated rings. The van der Waals surface area contributed by atoms with Crippen LogP contribution in [0.2, 0.25) is 0 Å². The lowest BCUT2D eigenvalue weighted by Crippen LogP contribution is -2.46. The van der Waals surface area contributed by atoms with Gasteiger partial charge in [0.2, 0.25) is 17.7 Å². The van der Waals surface area contributed by atoms with Crippen molar-refractivity contribution in [1.29, 1.82) is 0 Å². The van der Waals surface area contributed by atoms with Gasteiger partial charge in [-0.25, -0.2) is 0 Å². The molecule has 0 aliphatic carbocycles. The van der Waals surface area contributed by atoms with Gasteiger partial charge in [0.25, 0.3) is 0 Å². The second-order valence-corrected chi connectivity index (χ2v) is 5.96. The lowest BCUT2D eigenvalue weighted by Gasteiger charge is -2.13. The molecule has 3 amide bonds. The summed E-state index contributed by atoms with van der Waals surface area (Å²) in [5.41, 5.74) is 1.87. The van der Waals surface area contributed by atoms with Crippen molar-refractivity contribution in [1.82, 2.24) is 26.3 Å². The first-order valence-corrected chi connectivity index (χ1v) is 8.51. The first-order chi connectivity index (χ1) is 13.0. The Kier molecular flexibility index (Phi) is 7.50. The molecule has 0 aliphatic heterocycles. The van der Waals surface area contributed by atoms with Crippen LogP contribution in [0, 0.1) is 0 Å². The van der Waals surface area contributed by atoms with Crippen LogP contribution in [-0.4, -0.2) is 61.7 Å². The third-order valence-corrected chi connectivity index (χ3v) is 3.85. The molecule has 2 rings (SSSR count). The average molecular weight is 373 g/mol. The molecule has 1 aromatic heterocycles. The average Bonchev–Trinajstić information content (AvgIpc) is 3.07. The van der Waals surface area contributed by atoms with Crippen LogP contribution >= 0.6 is 0 Å². The zero-order valence-corrected chi connectivity index (χ0v) is 15.0. The second-order valence-electron chi connectivity index (χ2n) is 5.96. The molecule has 0 saturated carbocycles. The van der Waals surface area contributed by atoms with E-state index >= 15 is 0 Å². The SMILES string of the molecule is CNCC(=O)NCC(=O)NCC(=O)NC(C=O)Cc1c[nH]c2ccccc12. The number of fused-ring (bicyclic) bond motifs is 1. The topological polar surface area (TPSA) is 132 Å². The molecule has 27 heavy (non-hydrogen) atoms. The van der Waals surface area contributed by atoms with Gasteiger partial charge < -0.3 is 31.0 Å². The van der Waals surface area contributed by atoms with Crippen molar-refractivity contribution in [3.05, 3.63) is 36.0 Å². The number of amides is 3. The number of benzene rings is 1. The van der Waals surface area contributed by atoms with Crippen LogP contribution in [0.1, 0.15) is 5.56 Å². The fourth-order valence-corrected chi connectivity index (χ4v) is 2.57. The Morgan fingerprint density at radius 3 is 2.41 bits per heavy atom. The molecular formula is C18H23N5O4. The van der Waals surface area contributed by atoms with E-state index in [0.29, 0.717) is 12.7 Å². The zero-order chi connectivity index (χ0) is 19.6. The lowest BCUT2D eigenvalue weighted by molar-refractivity contribution is -0.128. The van der Waals surface area contributed by atoms with E-state index in [2.05, 4.69) is 26.3 Å². The summed E-state index contributed by atoms with van der Waals surface area (Å²) < 4.78 is 0. The number of likely N-dealkylation sites (N-methyl/N-ethyl adjacent to an activating group) is 1. The van der Waals surface area contributed by atoms with E-state index in [1.165, 1.54) is 0 Å². The maximum Gasteiger partial charge on any atom is 0.239 e. The molecule has 0 radical (unpaired) electrons. The minimum absolute atomic E-state index is 0.0998. The largest absolute Gasteiger partial charge is 0.361 e. The number of rotatable bonds is 10. The highest BCUT2D eigenvalue weighted by molar-refractivity contribution is 5.89. The number of H-pyrrole nitrogens is 1. The van der Waals surface area contributed by atoms with Gasteiger partial charge in [-0.1, -0.05) is 18.2 Å². The Hall–Kier alpha value is -3.20. The van der Waals surface area contributed by atoms with Gasteiger partial charge in [0, 0.05) is 23.5 Å². The van der Waals surface area contributed by atoms with Crippen LogP contribution in [0.4, 0.5) is 0 Å². The van der Waals surface area contributed by atoms with Gasteiger partial charge in [-0.05, 0) is 18.7 Å². The molecule has 1 heterocycles. The van der Waals surface area contributed by atoms with Crippen molar-refractivity contribution in [3.63, 3.8) is 0 Å². The minimum Gasteiger partial charge on any atom is -0.361 e. The molecule has 9 heteroatoms. The minimum atomic E-state index is -0.705. The number of nitrogens with one attached hydrogen (secondary N) is 5. The monoisotopic (exact) mass is 373 g/mol. The first-order valence-electron chi connectivity index (χ1n) is 8.51. The second kappa shape index (κ2) is 10.1. The van der Waals surface area contributed by atoms with E-state index in [0.717, 1.165) is 16.5 Å². The van der Waals surface area contributed by atoms with Crippen LogP contribution in [0.3, 0.4) is 0 Å². The first kappa shape index (κ1) is 20.1. The summed E-state index contributed by atoms with van der Waals surface area (Å²) in [4.78, 5) is 49.2. The Labute approximate surface area is 156 Å². The summed E-state index contributed by atoms with van der Waals surface area (Å²) in [5, 5.41) is 11.0. The van der Waals surface area contributed by atoms with Crippen molar-refractivity contribution in [2.45, 2.75) is 12.5 Å². The molecule has 5 N–H and O–H groups in total. The van der Waals surface area contributed by atoms with Gasteiger partial charge in [-0.3, -0.25) is 14.4 Å². The third kappa shape index (κ3) is 6.23. The third-order valence-electron chi connectivity index (χ3n) is 3.85. The number of carbonyl (C=O) groups excluding carboxylic acids is 4. The fourth-order valence-electron chi connectivity index (χ4n) is 2.57. The van der Waals surface area contributed by atoms with Crippen LogP contribution in [0.5, 0.6) is 0 Å². The molecule has 0 bridgehead atoms. The summed E-state index contributed by atoms with van der Waals surface area (Å²) in [7, 11) is 1.61. The predicted octanol–water partition coefficient (Wildman–Crippen LogP) is -1.15. The number of hydrogen-bond donors (Lipinski definition) is 5. The van der Waals surface area contributed by atoms with Crippen LogP contribution in [0.15, 0.2) is 30.5 Å². The number of aldehydes is 1. The molecule has 9 nitrogen and oxygen atoms in total. The molecule has 0 saturated heterocycles.